The Morgan fingerprint density at radius 3 is 2.90 bits per heavy atom. The lowest BCUT2D eigenvalue weighted by atomic mass is 10.4. The van der Waals surface area contributed by atoms with Crippen LogP contribution in [-0.2, 0) is 4.79 Å². The van der Waals surface area contributed by atoms with E-state index in [1.54, 1.807) is 12.3 Å². The average Bonchev–Trinajstić information content (AvgIpc) is 2.79. The first kappa shape index (κ1) is 14.4. The Balaban J connectivity index is 2.24. The molecule has 2 aromatic rings. The standard InChI is InChI=1S/C13H15N3O3S/c1-3-19-11-5-4-10(6-14-11)16-7-9(2)15-13(16)20-8-12(17)18/h4-7H,3,8H2,1-2H3,(H,17,18). The number of imidazole rings is 1. The average molecular weight is 293 g/mol. The summed E-state index contributed by atoms with van der Waals surface area (Å²) in [5.74, 6) is -0.333. The third-order valence-electron chi connectivity index (χ3n) is 2.41. The monoisotopic (exact) mass is 293 g/mol. The molecule has 0 unspecified atom stereocenters. The molecule has 0 atom stereocenters. The van der Waals surface area contributed by atoms with Crippen LogP contribution in [0.1, 0.15) is 12.6 Å². The van der Waals surface area contributed by atoms with Crippen LogP contribution < -0.4 is 4.74 Å². The molecule has 7 heteroatoms. The van der Waals surface area contributed by atoms with Gasteiger partial charge in [-0.15, -0.1) is 0 Å². The normalized spacial score (nSPS) is 10.5. The van der Waals surface area contributed by atoms with E-state index in [1.165, 1.54) is 11.8 Å². The molecule has 2 aromatic heterocycles. The van der Waals surface area contributed by atoms with E-state index in [0.717, 1.165) is 11.4 Å². The summed E-state index contributed by atoms with van der Waals surface area (Å²) in [5, 5.41) is 9.39. The topological polar surface area (TPSA) is 77.2 Å². The summed E-state index contributed by atoms with van der Waals surface area (Å²) in [6.45, 7) is 4.33. The smallest absolute Gasteiger partial charge is 0.313 e. The summed E-state index contributed by atoms with van der Waals surface area (Å²) in [5.41, 5.74) is 1.65. The van der Waals surface area contributed by atoms with Crippen LogP contribution in [0.15, 0.2) is 29.7 Å². The summed E-state index contributed by atoms with van der Waals surface area (Å²) in [7, 11) is 0. The minimum Gasteiger partial charge on any atom is -0.481 e. The van der Waals surface area contributed by atoms with Crippen LogP contribution in [-0.4, -0.2) is 38.0 Å². The summed E-state index contributed by atoms with van der Waals surface area (Å²) in [6.07, 6.45) is 3.53. The molecule has 0 saturated carbocycles. The Morgan fingerprint density at radius 1 is 1.50 bits per heavy atom. The van der Waals surface area contributed by atoms with Gasteiger partial charge in [-0.2, -0.15) is 0 Å². The van der Waals surface area contributed by atoms with Crippen molar-refractivity contribution in [3.63, 3.8) is 0 Å². The third-order valence-corrected chi connectivity index (χ3v) is 3.35. The van der Waals surface area contributed by atoms with Crippen LogP contribution in [0.4, 0.5) is 0 Å². The zero-order chi connectivity index (χ0) is 14.5. The number of thioether (sulfide) groups is 1. The Labute approximate surface area is 120 Å². The molecule has 6 nitrogen and oxygen atoms in total. The molecule has 0 aliphatic heterocycles. The molecular weight excluding hydrogens is 278 g/mol. The molecule has 0 bridgehead atoms. The zero-order valence-electron chi connectivity index (χ0n) is 11.2. The number of hydrogen-bond donors (Lipinski definition) is 1. The first-order chi connectivity index (χ1) is 9.60. The second-order valence-electron chi connectivity index (χ2n) is 4.00. The molecule has 106 valence electrons. The Bertz CT molecular complexity index is 595. The van der Waals surface area contributed by atoms with Gasteiger partial charge in [0.05, 0.1) is 29.9 Å². The number of carboxylic acids is 1. The van der Waals surface area contributed by atoms with Gasteiger partial charge in [-0.1, -0.05) is 11.8 Å². The van der Waals surface area contributed by atoms with Crippen molar-refractivity contribution in [3.8, 4) is 11.6 Å². The SMILES string of the molecule is CCOc1ccc(-n2cc(C)nc2SCC(=O)O)cn1. The highest BCUT2D eigenvalue weighted by Gasteiger charge is 2.10. The van der Waals surface area contributed by atoms with Crippen LogP contribution in [0, 0.1) is 6.92 Å². The van der Waals surface area contributed by atoms with Crippen LogP contribution in [0.3, 0.4) is 0 Å². The van der Waals surface area contributed by atoms with E-state index in [-0.39, 0.29) is 5.75 Å². The lowest BCUT2D eigenvalue weighted by Crippen LogP contribution is -2.02. The number of aryl methyl sites for hydroxylation is 1. The van der Waals surface area contributed by atoms with E-state index in [1.807, 2.05) is 30.7 Å². The van der Waals surface area contributed by atoms with Crippen molar-refractivity contribution in [3.05, 3.63) is 30.2 Å². The van der Waals surface area contributed by atoms with E-state index >= 15 is 0 Å². The number of carbonyl (C=O) groups is 1. The zero-order valence-corrected chi connectivity index (χ0v) is 12.1. The number of aliphatic carboxylic acids is 1. The summed E-state index contributed by atoms with van der Waals surface area (Å²) >= 11 is 1.18. The van der Waals surface area contributed by atoms with E-state index < -0.39 is 5.97 Å². The number of hydrogen-bond acceptors (Lipinski definition) is 5. The van der Waals surface area contributed by atoms with Gasteiger partial charge in [-0.3, -0.25) is 9.36 Å². The van der Waals surface area contributed by atoms with Gasteiger partial charge in [0.2, 0.25) is 5.88 Å². The van der Waals surface area contributed by atoms with Gasteiger partial charge in [0.1, 0.15) is 0 Å². The van der Waals surface area contributed by atoms with Gasteiger partial charge in [0.25, 0.3) is 0 Å². The van der Waals surface area contributed by atoms with Gasteiger partial charge < -0.3 is 9.84 Å². The van der Waals surface area contributed by atoms with Crippen molar-refractivity contribution in [2.24, 2.45) is 0 Å². The summed E-state index contributed by atoms with van der Waals surface area (Å²) < 4.78 is 7.12. The van der Waals surface area contributed by atoms with Crippen LogP contribution >= 0.6 is 11.8 Å². The molecule has 0 amide bonds. The number of rotatable bonds is 6. The van der Waals surface area contributed by atoms with E-state index in [4.69, 9.17) is 9.84 Å². The number of aromatic nitrogens is 3. The van der Waals surface area contributed by atoms with Gasteiger partial charge in [-0.25, -0.2) is 9.97 Å². The fraction of sp³-hybridized carbons (Fsp3) is 0.308. The Morgan fingerprint density at radius 2 is 2.30 bits per heavy atom. The van der Waals surface area contributed by atoms with E-state index in [0.29, 0.717) is 17.6 Å². The molecule has 0 aromatic carbocycles. The van der Waals surface area contributed by atoms with Gasteiger partial charge in [0, 0.05) is 12.3 Å². The first-order valence-corrected chi connectivity index (χ1v) is 7.08. The highest BCUT2D eigenvalue weighted by Crippen LogP contribution is 2.22. The van der Waals surface area contributed by atoms with Crippen LogP contribution in [0.25, 0.3) is 5.69 Å². The van der Waals surface area contributed by atoms with Crippen LogP contribution in [0.2, 0.25) is 0 Å². The number of ether oxygens (including phenoxy) is 1. The molecular formula is C13H15N3O3S. The third kappa shape index (κ3) is 3.51. The highest BCUT2D eigenvalue weighted by molar-refractivity contribution is 7.99. The second kappa shape index (κ2) is 6.42. The minimum atomic E-state index is -0.868. The number of pyridine rings is 1. The summed E-state index contributed by atoms with van der Waals surface area (Å²) in [6, 6.07) is 3.64. The Kier molecular flexibility index (Phi) is 4.62. The number of nitrogens with zero attached hydrogens (tertiary/aromatic N) is 3. The van der Waals surface area contributed by atoms with Gasteiger partial charge in [-0.05, 0) is 19.9 Å². The molecule has 0 aliphatic carbocycles. The second-order valence-corrected chi connectivity index (χ2v) is 4.95. The molecule has 0 fully saturated rings. The fourth-order valence-corrected chi connectivity index (χ4v) is 2.40. The fourth-order valence-electron chi connectivity index (χ4n) is 1.64. The predicted octanol–water partition coefficient (Wildman–Crippen LogP) is 2.15. The van der Waals surface area contributed by atoms with Gasteiger partial charge >= 0.3 is 5.97 Å². The molecule has 0 spiro atoms. The molecule has 0 radical (unpaired) electrons. The van der Waals surface area contributed by atoms with E-state index in [2.05, 4.69) is 9.97 Å². The molecule has 20 heavy (non-hydrogen) atoms. The maximum Gasteiger partial charge on any atom is 0.313 e. The lowest BCUT2D eigenvalue weighted by molar-refractivity contribution is -0.133. The van der Waals surface area contributed by atoms with Crippen molar-refractivity contribution in [2.45, 2.75) is 19.0 Å². The minimum absolute atomic E-state index is 0.0269. The van der Waals surface area contributed by atoms with Gasteiger partial charge in [0.15, 0.2) is 5.16 Å². The highest BCUT2D eigenvalue weighted by atomic mass is 32.2. The maximum absolute atomic E-state index is 10.7. The van der Waals surface area contributed by atoms with Crippen molar-refractivity contribution < 1.29 is 14.6 Å². The van der Waals surface area contributed by atoms with Crippen molar-refractivity contribution in [1.82, 2.24) is 14.5 Å². The van der Waals surface area contributed by atoms with Crippen molar-refractivity contribution >= 4 is 17.7 Å². The molecule has 2 heterocycles. The van der Waals surface area contributed by atoms with E-state index in [9.17, 15) is 4.79 Å². The first-order valence-electron chi connectivity index (χ1n) is 6.10. The largest absolute Gasteiger partial charge is 0.481 e. The van der Waals surface area contributed by atoms with Crippen LogP contribution in [0.5, 0.6) is 5.88 Å². The Hall–Kier alpha value is -2.02. The van der Waals surface area contributed by atoms with Crippen molar-refractivity contribution in [2.75, 3.05) is 12.4 Å². The quantitative estimate of drug-likeness (QED) is 0.822. The summed E-state index contributed by atoms with van der Waals surface area (Å²) in [4.78, 5) is 19.2. The lowest BCUT2D eigenvalue weighted by Gasteiger charge is -2.07. The van der Waals surface area contributed by atoms with Crippen molar-refractivity contribution in [1.29, 1.82) is 0 Å². The number of carboxylic acid groups (broad SMARTS) is 1. The maximum atomic E-state index is 10.7. The molecule has 2 rings (SSSR count). The molecule has 0 saturated heterocycles. The molecule has 1 N–H and O–H groups in total. The molecule has 0 aliphatic rings. The predicted molar refractivity (Wildman–Crippen MR) is 75.6 cm³/mol.